The van der Waals surface area contributed by atoms with Crippen LogP contribution in [0, 0.1) is 11.8 Å². The van der Waals surface area contributed by atoms with Gasteiger partial charge in [0, 0.05) is 68.0 Å². The number of nitrogens with zero attached hydrogens (tertiary/aromatic N) is 3. The highest BCUT2D eigenvalue weighted by atomic mass is 16.6. The first-order valence-electron chi connectivity index (χ1n) is 35.2. The smallest absolute Gasteiger partial charge is 0.407 e. The number of carboxylic acid groups (broad SMARTS) is 4. The van der Waals surface area contributed by atoms with Crippen molar-refractivity contribution in [3.8, 4) is 11.1 Å². The Morgan fingerprint density at radius 3 is 1.65 bits per heavy atom. The Hall–Kier alpha value is -12.5. The standard InChI is InChI=1S/C78H83N11O19/c1-42(2)70(88-72(100)59(27-28-64(91)92)84-75(103)60(36-65(93)94)81-43(3)90)76(104)86-62(38-67(97)98)73(101)82-46-25-26-50-44(33-46)32-45-34-49(35-63-68(45)69(50)55-22-8-9-23-56(55)77(105)108-63)83-74(102)61(37-66(95)96)85-71(99)58(24-12-15-31-89(39-47-16-10-13-29-79-47)40-48-17-11-14-30-80-48)87-78(106)107-41-57-53-20-6-4-18-51(53)52-19-5-7-21-54(52)57/h4-11,13-14,16-23,25-26,29-30,33-35,42,57-63,68-70H,12,15,24,27-28,31-32,36-41H2,1-3H3,(H,81,90)(H,82,101)(H,83,102)(H,84,103)(H,85,99)(H,86,104)(H,87,106)(H,88,100)(H,91,92)(H,93,94)(H,95,96)(H,97,98)/t58-,59-,60-,61-,62-,63?,68?,69?,70-/m0/s1. The van der Waals surface area contributed by atoms with E-state index in [1.807, 2.05) is 84.9 Å². The summed E-state index contributed by atoms with van der Waals surface area (Å²) in [6, 6.07) is 28.6. The third-order valence-electron chi connectivity index (χ3n) is 19.0. The van der Waals surface area contributed by atoms with E-state index in [0.29, 0.717) is 54.7 Å². The topological polar surface area (TPSA) is 447 Å². The van der Waals surface area contributed by atoms with Gasteiger partial charge >= 0.3 is 35.9 Å². The van der Waals surface area contributed by atoms with E-state index in [1.54, 1.807) is 54.9 Å². The van der Waals surface area contributed by atoms with E-state index in [0.717, 1.165) is 40.6 Å². The lowest BCUT2D eigenvalue weighted by molar-refractivity contribution is -0.142. The van der Waals surface area contributed by atoms with Gasteiger partial charge in [-0.05, 0) is 138 Å². The van der Waals surface area contributed by atoms with E-state index in [2.05, 4.69) is 57.4 Å². The van der Waals surface area contributed by atoms with Gasteiger partial charge in [-0.15, -0.1) is 0 Å². The van der Waals surface area contributed by atoms with Crippen LogP contribution < -0.4 is 42.5 Å². The Kier molecular flexibility index (Phi) is 26.1. The summed E-state index contributed by atoms with van der Waals surface area (Å²) in [5.41, 5.74) is 8.40. The second-order valence-corrected chi connectivity index (χ2v) is 27.1. The lowest BCUT2D eigenvalue weighted by Crippen LogP contribution is -2.59. The lowest BCUT2D eigenvalue weighted by atomic mass is 9.65. The van der Waals surface area contributed by atoms with Crippen LogP contribution in [0.2, 0.25) is 0 Å². The normalized spacial score (nSPS) is 16.8. The highest BCUT2D eigenvalue weighted by Crippen LogP contribution is 2.51. The summed E-state index contributed by atoms with van der Waals surface area (Å²) in [7, 11) is 0. The summed E-state index contributed by atoms with van der Waals surface area (Å²) >= 11 is 0. The van der Waals surface area contributed by atoms with E-state index in [1.165, 1.54) is 26.0 Å². The lowest BCUT2D eigenvalue weighted by Gasteiger charge is -2.40. The minimum absolute atomic E-state index is 0.0247. The van der Waals surface area contributed by atoms with Gasteiger partial charge < -0.3 is 72.4 Å². The largest absolute Gasteiger partial charge is 0.481 e. The van der Waals surface area contributed by atoms with Crippen molar-refractivity contribution in [2.24, 2.45) is 11.8 Å². The van der Waals surface area contributed by atoms with Crippen molar-refractivity contribution in [2.75, 3.05) is 18.5 Å². The number of carboxylic acids is 4. The first-order chi connectivity index (χ1) is 51.8. The van der Waals surface area contributed by atoms with E-state index in [9.17, 15) is 82.8 Å². The SMILES string of the molecule is CC(=O)N[C@@H](CC(=O)O)C(=O)N[C@@H](CCC(=O)O)C(=O)N[C@H](C(=O)N[C@@H](CC(=O)O)C(=O)Nc1ccc2c(c1)CC1=CC(NC(=O)[C@H](CC(=O)O)NC(=O)[C@H](CCCCN(Cc3ccccn3)Cc3ccccn3)NC(=O)OCC3c4ccccc4-c4ccccc43)=CC3OC(=O)c4ccccc4C2C13)C(C)C. The van der Waals surface area contributed by atoms with Gasteiger partial charge in [0.15, 0.2) is 0 Å². The highest BCUT2D eigenvalue weighted by Gasteiger charge is 2.46. The van der Waals surface area contributed by atoms with Crippen molar-refractivity contribution in [1.82, 2.24) is 52.1 Å². The molecule has 2 aromatic heterocycles. The summed E-state index contributed by atoms with van der Waals surface area (Å²) < 4.78 is 12.1. The molecular formula is C78H83N11O19. The van der Waals surface area contributed by atoms with Crippen LogP contribution in [0.25, 0.3) is 11.1 Å². The molecule has 10 rings (SSSR count). The maximum absolute atomic E-state index is 14.8. The van der Waals surface area contributed by atoms with Crippen molar-refractivity contribution in [1.29, 1.82) is 0 Å². The number of benzene rings is 4. The van der Waals surface area contributed by atoms with E-state index < -0.39 is 170 Å². The van der Waals surface area contributed by atoms with Crippen LogP contribution in [0.5, 0.6) is 0 Å². The van der Waals surface area contributed by atoms with Crippen LogP contribution in [-0.2, 0) is 81.7 Å². The Morgan fingerprint density at radius 1 is 0.546 bits per heavy atom. The number of hydrogen-bond acceptors (Lipinski definition) is 18. The molecule has 0 radical (unpaired) electrons. The molecule has 0 saturated carbocycles. The second-order valence-electron chi connectivity index (χ2n) is 27.1. The monoisotopic (exact) mass is 1480 g/mol. The molecule has 0 fully saturated rings. The molecule has 1 aliphatic heterocycles. The first-order valence-corrected chi connectivity index (χ1v) is 35.2. The molecule has 4 aliphatic rings. The fourth-order valence-electron chi connectivity index (χ4n) is 14.0. The summed E-state index contributed by atoms with van der Waals surface area (Å²) in [6.07, 6.45) is 1.50. The maximum atomic E-state index is 14.8. The van der Waals surface area contributed by atoms with Crippen molar-refractivity contribution in [3.05, 3.63) is 208 Å². The Morgan fingerprint density at radius 2 is 1.07 bits per heavy atom. The zero-order valence-corrected chi connectivity index (χ0v) is 59.2. The van der Waals surface area contributed by atoms with E-state index >= 15 is 0 Å². The van der Waals surface area contributed by atoms with Crippen molar-refractivity contribution >= 4 is 83.0 Å². The third-order valence-corrected chi connectivity index (χ3v) is 19.0. The molecule has 564 valence electrons. The number of aliphatic carboxylic acids is 4. The molecule has 108 heavy (non-hydrogen) atoms. The summed E-state index contributed by atoms with van der Waals surface area (Å²) in [5.74, 6) is -15.9. The molecule has 30 nitrogen and oxygen atoms in total. The van der Waals surface area contributed by atoms with Gasteiger partial charge in [-0.2, -0.15) is 0 Å². The first kappa shape index (κ1) is 78.1. The number of alkyl carbamates (subject to hydrolysis) is 1. The number of pyridine rings is 2. The molecule has 9 atom stereocenters. The van der Waals surface area contributed by atoms with Crippen molar-refractivity contribution in [3.63, 3.8) is 0 Å². The summed E-state index contributed by atoms with van der Waals surface area (Å²) in [5, 5.41) is 59.1. The molecule has 0 saturated heterocycles. The van der Waals surface area contributed by atoms with Crippen LogP contribution >= 0.6 is 0 Å². The molecule has 3 heterocycles. The van der Waals surface area contributed by atoms with E-state index in [4.69, 9.17) is 9.47 Å². The molecule has 3 unspecified atom stereocenters. The Balaban J connectivity index is 0.863. The number of carbonyl (C=O) groups excluding carboxylic acids is 9. The second kappa shape index (κ2) is 36.0. The number of fused-ring (bicyclic) bond motifs is 7. The molecule has 3 aliphatic carbocycles. The van der Waals surface area contributed by atoms with Gasteiger partial charge in [-0.1, -0.05) is 104 Å². The van der Waals surface area contributed by atoms with Gasteiger partial charge in [-0.25, -0.2) is 9.59 Å². The molecule has 4 aromatic carbocycles. The Bertz CT molecular complexity index is 4390. The molecular weight excluding hydrogens is 1390 g/mol. The van der Waals surface area contributed by atoms with Crippen LogP contribution in [0.3, 0.4) is 0 Å². The predicted octanol–water partition coefficient (Wildman–Crippen LogP) is 5.37. The van der Waals surface area contributed by atoms with Gasteiger partial charge in [0.1, 0.15) is 49.0 Å². The van der Waals surface area contributed by atoms with Gasteiger partial charge in [0.05, 0.1) is 36.2 Å². The quantitative estimate of drug-likeness (QED) is 0.0176. The van der Waals surface area contributed by atoms with Gasteiger partial charge in [0.25, 0.3) is 0 Å². The Labute approximate surface area is 619 Å². The molecule has 0 bridgehead atoms. The fourth-order valence-corrected chi connectivity index (χ4v) is 14.0. The molecule has 30 heteroatoms. The number of rotatable bonds is 35. The minimum Gasteiger partial charge on any atom is -0.481 e. The van der Waals surface area contributed by atoms with Crippen molar-refractivity contribution < 1.29 is 92.2 Å². The van der Waals surface area contributed by atoms with Crippen molar-refractivity contribution in [2.45, 2.75) is 146 Å². The molecule has 0 spiro atoms. The molecule has 8 amide bonds. The van der Waals surface area contributed by atoms with Crippen LogP contribution in [0.1, 0.15) is 134 Å². The fraction of sp³-hybridized carbons (Fsp3) is 0.346. The maximum Gasteiger partial charge on any atom is 0.407 e. The highest BCUT2D eigenvalue weighted by molar-refractivity contribution is 6.01. The number of carbonyl (C=O) groups is 13. The number of allylic oxidation sites excluding steroid dienone is 1. The number of ether oxygens (including phenoxy) is 2. The van der Waals surface area contributed by atoms with Crippen LogP contribution in [0.15, 0.2) is 163 Å². The average molecular weight is 1480 g/mol. The van der Waals surface area contributed by atoms with Gasteiger partial charge in [0.2, 0.25) is 41.4 Å². The van der Waals surface area contributed by atoms with Crippen LogP contribution in [0.4, 0.5) is 10.5 Å². The zero-order valence-electron chi connectivity index (χ0n) is 59.2. The number of aromatic nitrogens is 2. The number of unbranched alkanes of at least 4 members (excludes halogenated alkanes) is 1. The number of hydrogen-bond donors (Lipinski definition) is 12. The zero-order chi connectivity index (χ0) is 77.3. The number of anilines is 1. The predicted molar refractivity (Wildman–Crippen MR) is 386 cm³/mol. The van der Waals surface area contributed by atoms with Crippen LogP contribution in [-0.4, -0.2) is 168 Å². The van der Waals surface area contributed by atoms with E-state index in [-0.39, 0.29) is 42.3 Å². The molecule has 12 N–H and O–H groups in total. The van der Waals surface area contributed by atoms with Gasteiger partial charge in [-0.3, -0.25) is 67.6 Å². The minimum atomic E-state index is -1.81. The molecule has 6 aromatic rings. The number of amides is 8. The number of nitrogens with one attached hydrogen (secondary N) is 8. The summed E-state index contributed by atoms with van der Waals surface area (Å²) in [4.78, 5) is 184. The third kappa shape index (κ3) is 20.3. The number of esters is 1. The summed E-state index contributed by atoms with van der Waals surface area (Å²) in [6.45, 7) is 5.38. The average Bonchev–Trinajstić information content (AvgIpc) is 1.44.